The summed E-state index contributed by atoms with van der Waals surface area (Å²) >= 11 is 0. The van der Waals surface area contributed by atoms with E-state index in [-0.39, 0.29) is 23.1 Å². The first kappa shape index (κ1) is 12.4. The van der Waals surface area contributed by atoms with Crippen LogP contribution >= 0.6 is 0 Å². The van der Waals surface area contributed by atoms with E-state index in [4.69, 9.17) is 4.74 Å². The van der Waals surface area contributed by atoms with E-state index in [1.807, 2.05) is 31.2 Å². The third kappa shape index (κ3) is 2.06. The molecule has 1 N–H and O–H groups in total. The lowest BCUT2D eigenvalue weighted by Crippen LogP contribution is -2.51. The molecule has 0 bridgehead atoms. The Morgan fingerprint density at radius 1 is 1.26 bits per heavy atom. The van der Waals surface area contributed by atoms with Crippen molar-refractivity contribution < 1.29 is 14.3 Å². The van der Waals surface area contributed by atoms with Crippen LogP contribution in [0.25, 0.3) is 0 Å². The molecule has 1 spiro atoms. The molecule has 2 saturated heterocycles. The molecule has 0 saturated carbocycles. The number of piperidine rings is 1. The number of imide groups is 1. The molecule has 0 radical (unpaired) electrons. The summed E-state index contributed by atoms with van der Waals surface area (Å²) in [6.07, 6.45) is 1.14. The van der Waals surface area contributed by atoms with Crippen LogP contribution in [0.15, 0.2) is 24.3 Å². The molecule has 2 amide bonds. The maximum atomic E-state index is 12.3. The number of hydrogen-bond acceptors (Lipinski definition) is 3. The summed E-state index contributed by atoms with van der Waals surface area (Å²) in [4.78, 5) is 23.9. The largest absolute Gasteiger partial charge is 0.381 e. The van der Waals surface area contributed by atoms with Gasteiger partial charge in [0.1, 0.15) is 0 Å². The Bertz CT molecular complexity index is 515. The van der Waals surface area contributed by atoms with Crippen LogP contribution in [-0.2, 0) is 14.3 Å². The highest BCUT2D eigenvalue weighted by atomic mass is 16.5. The average Bonchev–Trinajstić information content (AvgIpc) is 2.79. The number of nitrogens with one attached hydrogen (secondary N) is 1. The van der Waals surface area contributed by atoms with Gasteiger partial charge in [0, 0.05) is 18.4 Å². The van der Waals surface area contributed by atoms with Gasteiger partial charge in [-0.05, 0) is 18.9 Å². The van der Waals surface area contributed by atoms with Gasteiger partial charge in [0.25, 0.3) is 0 Å². The van der Waals surface area contributed by atoms with E-state index in [1.165, 1.54) is 0 Å². The second-order valence-corrected chi connectivity index (χ2v) is 5.60. The molecule has 0 aliphatic carbocycles. The van der Waals surface area contributed by atoms with Gasteiger partial charge in [0.05, 0.1) is 12.5 Å². The summed E-state index contributed by atoms with van der Waals surface area (Å²) in [5.74, 6) is -0.655. The second-order valence-electron chi connectivity index (χ2n) is 5.60. The van der Waals surface area contributed by atoms with Crippen molar-refractivity contribution in [1.82, 2.24) is 5.32 Å². The lowest BCUT2D eigenvalue weighted by molar-refractivity contribution is -0.140. The van der Waals surface area contributed by atoms with E-state index < -0.39 is 0 Å². The third-order valence-corrected chi connectivity index (χ3v) is 4.19. The van der Waals surface area contributed by atoms with Crippen molar-refractivity contribution in [3.63, 3.8) is 0 Å². The molecule has 2 fully saturated rings. The smallest absolute Gasteiger partial charge is 0.234 e. The highest BCUT2D eigenvalue weighted by molar-refractivity contribution is 6.02. The van der Waals surface area contributed by atoms with Crippen LogP contribution < -0.4 is 5.32 Å². The molecule has 2 heterocycles. The van der Waals surface area contributed by atoms with Crippen molar-refractivity contribution in [3.8, 4) is 0 Å². The Morgan fingerprint density at radius 3 is 2.63 bits per heavy atom. The number of carbonyl (C=O) groups excluding carboxylic acids is 2. The van der Waals surface area contributed by atoms with Gasteiger partial charge >= 0.3 is 0 Å². The Kier molecular flexibility index (Phi) is 2.90. The number of hydrogen-bond donors (Lipinski definition) is 1. The Hall–Kier alpha value is -1.68. The van der Waals surface area contributed by atoms with Gasteiger partial charge in [-0.3, -0.25) is 14.9 Å². The SMILES string of the molecule is Cc1ccc(C2C(=O)NC(=O)CC23CCOC3)cc1. The van der Waals surface area contributed by atoms with Crippen molar-refractivity contribution in [3.05, 3.63) is 35.4 Å². The molecule has 1 aromatic carbocycles. The van der Waals surface area contributed by atoms with Crippen molar-refractivity contribution in [2.75, 3.05) is 13.2 Å². The lowest BCUT2D eigenvalue weighted by Gasteiger charge is -2.38. The Labute approximate surface area is 112 Å². The molecule has 2 aliphatic heterocycles. The van der Waals surface area contributed by atoms with Gasteiger partial charge in [-0.25, -0.2) is 0 Å². The lowest BCUT2D eigenvalue weighted by atomic mass is 9.67. The van der Waals surface area contributed by atoms with Crippen molar-refractivity contribution in [1.29, 1.82) is 0 Å². The van der Waals surface area contributed by atoms with Crippen LogP contribution in [0, 0.1) is 12.3 Å². The van der Waals surface area contributed by atoms with Crippen LogP contribution in [0.3, 0.4) is 0 Å². The summed E-state index contributed by atoms with van der Waals surface area (Å²) in [5, 5.41) is 2.46. The van der Waals surface area contributed by atoms with Crippen molar-refractivity contribution in [2.24, 2.45) is 5.41 Å². The average molecular weight is 259 g/mol. The number of amides is 2. The van der Waals surface area contributed by atoms with E-state index >= 15 is 0 Å². The summed E-state index contributed by atoms with van der Waals surface area (Å²) in [7, 11) is 0. The Morgan fingerprint density at radius 2 is 2.00 bits per heavy atom. The van der Waals surface area contributed by atoms with E-state index in [0.29, 0.717) is 19.6 Å². The minimum atomic E-state index is -0.353. The molecule has 1 aromatic rings. The second kappa shape index (κ2) is 4.46. The topological polar surface area (TPSA) is 55.4 Å². The van der Waals surface area contributed by atoms with Gasteiger partial charge in [-0.2, -0.15) is 0 Å². The summed E-state index contributed by atoms with van der Waals surface area (Å²) < 4.78 is 5.48. The van der Waals surface area contributed by atoms with Gasteiger partial charge in [0.2, 0.25) is 11.8 Å². The molecular formula is C15H17NO3. The molecule has 2 unspecified atom stereocenters. The van der Waals surface area contributed by atoms with E-state index in [9.17, 15) is 9.59 Å². The molecule has 19 heavy (non-hydrogen) atoms. The molecular weight excluding hydrogens is 242 g/mol. The number of ether oxygens (including phenoxy) is 1. The van der Waals surface area contributed by atoms with Crippen LogP contribution in [0.4, 0.5) is 0 Å². The highest BCUT2D eigenvalue weighted by Gasteiger charge is 2.51. The minimum Gasteiger partial charge on any atom is -0.381 e. The fourth-order valence-electron chi connectivity index (χ4n) is 3.21. The normalized spacial score (nSPS) is 30.7. The fraction of sp³-hybridized carbons (Fsp3) is 0.467. The van der Waals surface area contributed by atoms with Gasteiger partial charge < -0.3 is 4.74 Å². The zero-order chi connectivity index (χ0) is 13.5. The van der Waals surface area contributed by atoms with Gasteiger partial charge in [-0.15, -0.1) is 0 Å². The van der Waals surface area contributed by atoms with Crippen LogP contribution in [0.5, 0.6) is 0 Å². The first-order chi connectivity index (χ1) is 9.11. The van der Waals surface area contributed by atoms with Crippen LogP contribution in [0.1, 0.15) is 29.9 Å². The summed E-state index contributed by atoms with van der Waals surface area (Å²) in [5.41, 5.74) is 1.78. The number of benzene rings is 1. The zero-order valence-corrected chi connectivity index (χ0v) is 10.9. The first-order valence-electron chi connectivity index (χ1n) is 6.59. The molecule has 100 valence electrons. The fourth-order valence-corrected chi connectivity index (χ4v) is 3.21. The Balaban J connectivity index is 2.02. The maximum absolute atomic E-state index is 12.3. The molecule has 2 aliphatic rings. The van der Waals surface area contributed by atoms with Crippen molar-refractivity contribution in [2.45, 2.75) is 25.7 Å². The predicted molar refractivity (Wildman–Crippen MR) is 69.6 cm³/mol. The number of aryl methyl sites for hydroxylation is 1. The van der Waals surface area contributed by atoms with Crippen LogP contribution in [-0.4, -0.2) is 25.0 Å². The molecule has 4 heteroatoms. The summed E-state index contributed by atoms with van der Waals surface area (Å²) in [6, 6.07) is 7.97. The standard InChI is InChI=1S/C15H17NO3/c1-10-2-4-11(5-3-10)13-14(18)16-12(17)8-15(13)6-7-19-9-15/h2-5,13H,6-9H2,1H3,(H,16,17,18). The molecule has 3 rings (SSSR count). The third-order valence-electron chi connectivity index (χ3n) is 4.19. The monoisotopic (exact) mass is 259 g/mol. The van der Waals surface area contributed by atoms with E-state index in [2.05, 4.69) is 5.32 Å². The molecule has 0 aromatic heterocycles. The van der Waals surface area contributed by atoms with E-state index in [0.717, 1.165) is 17.5 Å². The first-order valence-corrected chi connectivity index (χ1v) is 6.59. The molecule has 2 atom stereocenters. The maximum Gasteiger partial charge on any atom is 0.234 e. The number of rotatable bonds is 1. The number of carbonyl (C=O) groups is 2. The van der Waals surface area contributed by atoms with Crippen LogP contribution in [0.2, 0.25) is 0 Å². The highest BCUT2D eigenvalue weighted by Crippen LogP contribution is 2.47. The minimum absolute atomic E-state index is 0.182. The van der Waals surface area contributed by atoms with Crippen molar-refractivity contribution >= 4 is 11.8 Å². The molecule has 4 nitrogen and oxygen atoms in total. The predicted octanol–water partition coefficient (Wildman–Crippen LogP) is 1.53. The van der Waals surface area contributed by atoms with Gasteiger partial charge in [0.15, 0.2) is 0 Å². The summed E-state index contributed by atoms with van der Waals surface area (Å²) in [6.45, 7) is 3.14. The van der Waals surface area contributed by atoms with Gasteiger partial charge in [-0.1, -0.05) is 29.8 Å². The zero-order valence-electron chi connectivity index (χ0n) is 10.9. The quantitative estimate of drug-likeness (QED) is 0.778. The van der Waals surface area contributed by atoms with E-state index in [1.54, 1.807) is 0 Å².